The maximum Gasteiger partial charge on any atom is 0.409 e. The van der Waals surface area contributed by atoms with Gasteiger partial charge in [0.15, 0.2) is 5.96 Å². The molecular weight excluding hydrogens is 348 g/mol. The number of piperazine rings is 1. The summed E-state index contributed by atoms with van der Waals surface area (Å²) < 4.78 is 5.02. The van der Waals surface area contributed by atoms with Crippen LogP contribution in [0.5, 0.6) is 0 Å². The Bertz CT molecular complexity index is 654. The van der Waals surface area contributed by atoms with Crippen LogP contribution in [0, 0.1) is 6.92 Å². The summed E-state index contributed by atoms with van der Waals surface area (Å²) in [5, 5.41) is 5.96. The number of pyridine rings is 1. The fourth-order valence-corrected chi connectivity index (χ4v) is 2.68. The lowest BCUT2D eigenvalue weighted by molar-refractivity contribution is -0.116. The summed E-state index contributed by atoms with van der Waals surface area (Å²) in [5.74, 6) is 1.16. The smallest absolute Gasteiger partial charge is 0.409 e. The van der Waals surface area contributed by atoms with E-state index in [1.807, 2.05) is 13.0 Å². The lowest BCUT2D eigenvalue weighted by atomic mass is 10.3. The first-order chi connectivity index (χ1) is 13.0. The van der Waals surface area contributed by atoms with Crippen LogP contribution in [0.3, 0.4) is 0 Å². The Morgan fingerprint density at radius 3 is 2.52 bits per heavy atom. The Labute approximate surface area is 159 Å². The average Bonchev–Trinajstić information content (AvgIpc) is 2.67. The molecule has 0 aliphatic carbocycles. The molecule has 1 aromatic heterocycles. The van der Waals surface area contributed by atoms with Gasteiger partial charge in [-0.15, -0.1) is 0 Å². The summed E-state index contributed by atoms with van der Waals surface area (Å²) in [7, 11) is 1.70. The number of carbonyl (C=O) groups excluding carboxylic acids is 2. The molecule has 9 nitrogen and oxygen atoms in total. The summed E-state index contributed by atoms with van der Waals surface area (Å²) in [5.41, 5.74) is 1.04. The van der Waals surface area contributed by atoms with Crippen LogP contribution in [0.25, 0.3) is 0 Å². The van der Waals surface area contributed by atoms with Crippen LogP contribution in [0.2, 0.25) is 0 Å². The first-order valence-corrected chi connectivity index (χ1v) is 9.13. The molecule has 2 N–H and O–H groups in total. The number of aryl methyl sites for hydroxylation is 1. The Hall–Kier alpha value is -2.84. The third kappa shape index (κ3) is 6.43. The number of aliphatic imine (C=N–C) groups is 1. The van der Waals surface area contributed by atoms with Crippen molar-refractivity contribution >= 4 is 23.8 Å². The van der Waals surface area contributed by atoms with Gasteiger partial charge in [-0.3, -0.25) is 9.79 Å². The molecule has 0 radical (unpaired) electrons. The van der Waals surface area contributed by atoms with Crippen molar-refractivity contribution in [2.24, 2.45) is 4.99 Å². The van der Waals surface area contributed by atoms with Crippen molar-refractivity contribution in [3.05, 3.63) is 23.9 Å². The lowest BCUT2D eigenvalue weighted by Gasteiger charge is -2.35. The zero-order valence-corrected chi connectivity index (χ0v) is 16.2. The molecule has 148 valence electrons. The molecule has 1 aliphatic rings. The third-order valence-electron chi connectivity index (χ3n) is 4.13. The molecule has 2 rings (SSSR count). The average molecular weight is 376 g/mol. The minimum absolute atomic E-state index is 0.110. The molecule has 0 aromatic carbocycles. The number of nitrogens with zero attached hydrogens (tertiary/aromatic N) is 4. The first-order valence-electron chi connectivity index (χ1n) is 9.13. The minimum atomic E-state index is -0.276. The number of carbonyl (C=O) groups is 2. The number of nitrogens with one attached hydrogen (secondary N) is 2. The molecule has 1 saturated heterocycles. The van der Waals surface area contributed by atoms with E-state index in [4.69, 9.17) is 4.74 Å². The van der Waals surface area contributed by atoms with Gasteiger partial charge in [0.1, 0.15) is 5.82 Å². The molecular formula is C18H28N6O3. The van der Waals surface area contributed by atoms with Crippen molar-refractivity contribution in [3.63, 3.8) is 0 Å². The van der Waals surface area contributed by atoms with Gasteiger partial charge in [0.25, 0.3) is 0 Å². The number of hydrogen-bond donors (Lipinski definition) is 2. The van der Waals surface area contributed by atoms with E-state index < -0.39 is 0 Å². The summed E-state index contributed by atoms with van der Waals surface area (Å²) in [6, 6.07) is 3.68. The van der Waals surface area contributed by atoms with Gasteiger partial charge in [-0.05, 0) is 25.5 Å². The summed E-state index contributed by atoms with van der Waals surface area (Å²) in [4.78, 5) is 35.9. The van der Waals surface area contributed by atoms with Gasteiger partial charge < -0.3 is 25.2 Å². The van der Waals surface area contributed by atoms with Crippen LogP contribution in [-0.2, 0) is 9.53 Å². The van der Waals surface area contributed by atoms with Crippen molar-refractivity contribution in [2.75, 3.05) is 51.7 Å². The van der Waals surface area contributed by atoms with Gasteiger partial charge in [0.05, 0.1) is 6.61 Å². The normalized spacial score (nSPS) is 14.7. The molecule has 2 amide bonds. The second kappa shape index (κ2) is 10.3. The standard InChI is InChI=1S/C18H28N6O3/c1-4-27-18(26)24-11-9-23(10-12-24)17(19-3)20-8-7-16(25)22-15-6-5-14(2)13-21-15/h5-6,13H,4,7-12H2,1-3H3,(H,19,20)(H,21,22,25). The van der Waals surface area contributed by atoms with Gasteiger partial charge in [-0.1, -0.05) is 6.07 Å². The number of ether oxygens (including phenoxy) is 1. The zero-order chi connectivity index (χ0) is 19.6. The van der Waals surface area contributed by atoms with Crippen molar-refractivity contribution in [2.45, 2.75) is 20.3 Å². The van der Waals surface area contributed by atoms with Crippen LogP contribution >= 0.6 is 0 Å². The second-order valence-corrected chi connectivity index (χ2v) is 6.17. The highest BCUT2D eigenvalue weighted by Crippen LogP contribution is 2.05. The first kappa shape index (κ1) is 20.5. The quantitative estimate of drug-likeness (QED) is 0.589. The second-order valence-electron chi connectivity index (χ2n) is 6.17. The van der Waals surface area contributed by atoms with E-state index in [-0.39, 0.29) is 12.0 Å². The molecule has 1 aromatic rings. The molecule has 1 aliphatic heterocycles. The van der Waals surface area contributed by atoms with Gasteiger partial charge in [0, 0.05) is 52.4 Å². The fraction of sp³-hybridized carbons (Fsp3) is 0.556. The van der Waals surface area contributed by atoms with E-state index >= 15 is 0 Å². The van der Waals surface area contributed by atoms with E-state index in [9.17, 15) is 9.59 Å². The molecule has 9 heteroatoms. The summed E-state index contributed by atoms with van der Waals surface area (Å²) >= 11 is 0. The molecule has 27 heavy (non-hydrogen) atoms. The Morgan fingerprint density at radius 1 is 1.22 bits per heavy atom. The van der Waals surface area contributed by atoms with Crippen LogP contribution in [0.1, 0.15) is 18.9 Å². The molecule has 2 heterocycles. The van der Waals surface area contributed by atoms with Crippen LogP contribution in [0.15, 0.2) is 23.3 Å². The molecule has 1 fully saturated rings. The number of anilines is 1. The van der Waals surface area contributed by atoms with E-state index in [1.54, 1.807) is 31.1 Å². The zero-order valence-electron chi connectivity index (χ0n) is 16.2. The van der Waals surface area contributed by atoms with Gasteiger partial charge in [-0.25, -0.2) is 9.78 Å². The van der Waals surface area contributed by atoms with Crippen molar-refractivity contribution < 1.29 is 14.3 Å². The monoisotopic (exact) mass is 376 g/mol. The molecule has 0 saturated carbocycles. The summed E-state index contributed by atoms with van der Waals surface area (Å²) in [6.45, 7) is 7.07. The van der Waals surface area contributed by atoms with Gasteiger partial charge in [-0.2, -0.15) is 0 Å². The SMILES string of the molecule is CCOC(=O)N1CCN(C(=NC)NCCC(=O)Nc2ccc(C)cn2)CC1. The molecule has 0 spiro atoms. The number of aromatic nitrogens is 1. The van der Waals surface area contributed by atoms with Crippen molar-refractivity contribution in [1.82, 2.24) is 20.1 Å². The highest BCUT2D eigenvalue weighted by atomic mass is 16.6. The van der Waals surface area contributed by atoms with E-state index in [0.29, 0.717) is 51.6 Å². The number of hydrogen-bond acceptors (Lipinski definition) is 5. The van der Waals surface area contributed by atoms with Crippen LogP contribution in [0.4, 0.5) is 10.6 Å². The molecule has 0 bridgehead atoms. The Morgan fingerprint density at radius 2 is 1.93 bits per heavy atom. The van der Waals surface area contributed by atoms with E-state index in [1.165, 1.54) is 0 Å². The van der Waals surface area contributed by atoms with Crippen LogP contribution < -0.4 is 10.6 Å². The molecule has 0 unspecified atom stereocenters. The maximum absolute atomic E-state index is 12.0. The van der Waals surface area contributed by atoms with Gasteiger partial charge >= 0.3 is 6.09 Å². The fourth-order valence-electron chi connectivity index (χ4n) is 2.68. The van der Waals surface area contributed by atoms with Crippen molar-refractivity contribution in [1.29, 1.82) is 0 Å². The predicted octanol–water partition coefficient (Wildman–Crippen LogP) is 1.07. The van der Waals surface area contributed by atoms with Gasteiger partial charge in [0.2, 0.25) is 5.91 Å². The van der Waals surface area contributed by atoms with Crippen LogP contribution in [-0.4, -0.2) is 79.1 Å². The van der Waals surface area contributed by atoms with E-state index in [0.717, 1.165) is 11.5 Å². The van der Waals surface area contributed by atoms with Crippen molar-refractivity contribution in [3.8, 4) is 0 Å². The summed E-state index contributed by atoms with van der Waals surface area (Å²) in [6.07, 6.45) is 1.74. The number of rotatable bonds is 5. The number of guanidine groups is 1. The van der Waals surface area contributed by atoms with E-state index in [2.05, 4.69) is 25.5 Å². The third-order valence-corrected chi connectivity index (χ3v) is 4.13. The largest absolute Gasteiger partial charge is 0.450 e. The lowest BCUT2D eigenvalue weighted by Crippen LogP contribution is -2.54. The highest BCUT2D eigenvalue weighted by molar-refractivity contribution is 5.90. The Kier molecular flexibility index (Phi) is 7.84. The highest BCUT2D eigenvalue weighted by Gasteiger charge is 2.23. The maximum atomic E-state index is 12.0. The Balaban J connectivity index is 1.72. The topological polar surface area (TPSA) is 99.2 Å². The minimum Gasteiger partial charge on any atom is -0.450 e. The number of amides is 2. The predicted molar refractivity (Wildman–Crippen MR) is 104 cm³/mol. The molecule has 0 atom stereocenters.